The monoisotopic (exact) mass is 512 g/mol. The van der Waals surface area contributed by atoms with Crippen LogP contribution in [0.15, 0.2) is 97.1 Å². The molecule has 0 spiro atoms. The molecular formula is C30H22Cl2N2O2. The number of nitriles is 1. The highest BCUT2D eigenvalue weighted by atomic mass is 35.5. The van der Waals surface area contributed by atoms with Gasteiger partial charge in [0, 0.05) is 0 Å². The molecule has 0 fully saturated rings. The van der Waals surface area contributed by atoms with E-state index < -0.39 is 5.91 Å². The van der Waals surface area contributed by atoms with Gasteiger partial charge in [-0.05, 0) is 64.2 Å². The number of benzene rings is 4. The summed E-state index contributed by atoms with van der Waals surface area (Å²) in [6, 6.07) is 26.7. The summed E-state index contributed by atoms with van der Waals surface area (Å²) in [5.41, 5.74) is 2.94. The number of rotatable bonds is 8. The van der Waals surface area contributed by atoms with Crippen LogP contribution >= 0.6 is 23.2 Å². The van der Waals surface area contributed by atoms with Crippen LogP contribution in [0, 0.1) is 11.3 Å². The van der Waals surface area contributed by atoms with Gasteiger partial charge in [0.1, 0.15) is 24.0 Å². The molecule has 1 N–H and O–H groups in total. The van der Waals surface area contributed by atoms with E-state index in [1.807, 2.05) is 42.5 Å². The van der Waals surface area contributed by atoms with E-state index in [1.165, 1.54) is 6.08 Å². The van der Waals surface area contributed by atoms with Crippen LogP contribution in [0.3, 0.4) is 0 Å². The summed E-state index contributed by atoms with van der Waals surface area (Å²) in [5, 5.41) is 15.1. The van der Waals surface area contributed by atoms with Crippen molar-refractivity contribution in [3.8, 4) is 11.8 Å². The van der Waals surface area contributed by atoms with Crippen molar-refractivity contribution in [1.29, 1.82) is 5.26 Å². The predicted octanol–water partition coefficient (Wildman–Crippen LogP) is 8.00. The third-order valence-electron chi connectivity index (χ3n) is 5.59. The highest BCUT2D eigenvalue weighted by Crippen LogP contribution is 2.30. The number of allylic oxidation sites excluding steroid dienone is 1. The fraction of sp³-hybridized carbons (Fsp3) is 0.0667. The summed E-state index contributed by atoms with van der Waals surface area (Å²) in [7, 11) is 0. The van der Waals surface area contributed by atoms with Crippen LogP contribution in [0.25, 0.3) is 16.8 Å². The quantitative estimate of drug-likeness (QED) is 0.148. The summed E-state index contributed by atoms with van der Waals surface area (Å²) in [6.07, 6.45) is 3.88. The summed E-state index contributed by atoms with van der Waals surface area (Å²) in [4.78, 5) is 12.7. The van der Waals surface area contributed by atoms with E-state index in [9.17, 15) is 10.1 Å². The summed E-state index contributed by atoms with van der Waals surface area (Å²) >= 11 is 12.2. The van der Waals surface area contributed by atoms with Gasteiger partial charge in [0.25, 0.3) is 5.91 Å². The number of nitrogens with one attached hydrogen (secondary N) is 1. The van der Waals surface area contributed by atoms with Crippen LogP contribution < -0.4 is 10.1 Å². The predicted molar refractivity (Wildman–Crippen MR) is 147 cm³/mol. The fourth-order valence-corrected chi connectivity index (χ4v) is 4.17. The van der Waals surface area contributed by atoms with Gasteiger partial charge in [-0.25, -0.2) is 0 Å². The van der Waals surface area contributed by atoms with Crippen molar-refractivity contribution in [2.45, 2.75) is 13.0 Å². The first kappa shape index (κ1) is 25.1. The number of amides is 1. The van der Waals surface area contributed by atoms with Crippen LogP contribution in [0.4, 0.5) is 5.69 Å². The lowest BCUT2D eigenvalue weighted by atomic mass is 10.0. The van der Waals surface area contributed by atoms with Gasteiger partial charge < -0.3 is 10.1 Å². The zero-order valence-corrected chi connectivity index (χ0v) is 20.8. The van der Waals surface area contributed by atoms with Gasteiger partial charge >= 0.3 is 0 Å². The van der Waals surface area contributed by atoms with E-state index >= 15 is 0 Å². The number of ether oxygens (including phenoxy) is 1. The Hall–Kier alpha value is -4.04. The Morgan fingerprint density at radius 3 is 2.58 bits per heavy atom. The van der Waals surface area contributed by atoms with Gasteiger partial charge in [0.2, 0.25) is 0 Å². The second-order valence-corrected chi connectivity index (χ2v) is 8.80. The van der Waals surface area contributed by atoms with Crippen molar-refractivity contribution < 1.29 is 9.53 Å². The summed E-state index contributed by atoms with van der Waals surface area (Å²) in [6.45, 7) is 4.25. The highest BCUT2D eigenvalue weighted by Gasteiger charge is 2.14. The average molecular weight is 513 g/mol. The number of halogens is 2. The maximum Gasteiger partial charge on any atom is 0.266 e. The molecule has 0 saturated carbocycles. The van der Waals surface area contributed by atoms with E-state index in [-0.39, 0.29) is 10.6 Å². The maximum absolute atomic E-state index is 12.7. The Balaban J connectivity index is 1.56. The van der Waals surface area contributed by atoms with Crippen LogP contribution in [-0.2, 0) is 17.8 Å². The van der Waals surface area contributed by atoms with Gasteiger partial charge in [-0.15, -0.1) is 6.58 Å². The molecule has 6 heteroatoms. The summed E-state index contributed by atoms with van der Waals surface area (Å²) in [5.74, 6) is 0.136. The number of hydrogen-bond acceptors (Lipinski definition) is 3. The second-order valence-electron chi connectivity index (χ2n) is 8.01. The molecule has 1 amide bonds. The van der Waals surface area contributed by atoms with Crippen LogP contribution in [0.2, 0.25) is 10.0 Å². The lowest BCUT2D eigenvalue weighted by Gasteiger charge is -2.13. The zero-order valence-electron chi connectivity index (χ0n) is 19.3. The highest BCUT2D eigenvalue weighted by molar-refractivity contribution is 6.44. The molecule has 0 heterocycles. The Labute approximate surface area is 220 Å². The number of carbonyl (C=O) groups is 1. The van der Waals surface area contributed by atoms with Crippen molar-refractivity contribution in [2.24, 2.45) is 0 Å². The van der Waals surface area contributed by atoms with Crippen molar-refractivity contribution in [3.05, 3.63) is 124 Å². The number of hydrogen-bond donors (Lipinski definition) is 1. The molecule has 4 aromatic carbocycles. The fourth-order valence-electron chi connectivity index (χ4n) is 3.82. The third kappa shape index (κ3) is 5.78. The molecule has 4 nitrogen and oxygen atoms in total. The first-order chi connectivity index (χ1) is 17.5. The van der Waals surface area contributed by atoms with E-state index in [0.717, 1.165) is 21.9 Å². The van der Waals surface area contributed by atoms with E-state index in [0.29, 0.717) is 35.1 Å². The molecule has 0 unspecified atom stereocenters. The van der Waals surface area contributed by atoms with Crippen LogP contribution in [0.1, 0.15) is 16.7 Å². The normalized spacial score (nSPS) is 11.1. The standard InChI is InChI=1S/C30H22Cl2N2O2/c1-2-7-22-16-20(17-24(18-33)30(35)34-27-13-6-12-26(31)29(27)32)14-15-28(22)36-19-23-10-5-9-21-8-3-4-11-25(21)23/h2-6,8-17H,1,7,19H2,(H,34,35)/b24-17-. The van der Waals surface area contributed by atoms with Gasteiger partial charge in [0.05, 0.1) is 15.7 Å². The minimum atomic E-state index is -0.580. The molecular weight excluding hydrogens is 491 g/mol. The molecule has 0 aliphatic carbocycles. The van der Waals surface area contributed by atoms with E-state index in [2.05, 4.69) is 36.2 Å². The van der Waals surface area contributed by atoms with Crippen LogP contribution in [0.5, 0.6) is 5.75 Å². The lowest BCUT2D eigenvalue weighted by Crippen LogP contribution is -2.13. The van der Waals surface area contributed by atoms with Crippen molar-refractivity contribution in [1.82, 2.24) is 0 Å². The van der Waals surface area contributed by atoms with Gasteiger partial charge in [-0.1, -0.05) is 83.9 Å². The molecule has 0 atom stereocenters. The minimum absolute atomic E-state index is 0.0694. The number of fused-ring (bicyclic) bond motifs is 1. The SMILES string of the molecule is C=CCc1cc(/C=C(/C#N)C(=O)Nc2cccc(Cl)c2Cl)ccc1OCc1cccc2ccccc12. The Kier molecular flexibility index (Phi) is 8.07. The van der Waals surface area contributed by atoms with Crippen molar-refractivity contribution in [2.75, 3.05) is 5.32 Å². The average Bonchev–Trinajstić information content (AvgIpc) is 2.89. The maximum atomic E-state index is 12.7. The lowest BCUT2D eigenvalue weighted by molar-refractivity contribution is -0.112. The Morgan fingerprint density at radius 1 is 1.00 bits per heavy atom. The molecule has 0 radical (unpaired) electrons. The number of carbonyl (C=O) groups excluding carboxylic acids is 1. The summed E-state index contributed by atoms with van der Waals surface area (Å²) < 4.78 is 6.18. The first-order valence-electron chi connectivity index (χ1n) is 11.2. The van der Waals surface area contributed by atoms with Crippen molar-refractivity contribution >= 4 is 51.6 Å². The van der Waals surface area contributed by atoms with E-state index in [4.69, 9.17) is 27.9 Å². The molecule has 0 aliphatic rings. The number of anilines is 1. The molecule has 4 aromatic rings. The smallest absolute Gasteiger partial charge is 0.266 e. The van der Waals surface area contributed by atoms with E-state index in [1.54, 1.807) is 24.3 Å². The van der Waals surface area contributed by atoms with Gasteiger partial charge in [-0.2, -0.15) is 5.26 Å². The molecule has 0 aromatic heterocycles. The number of nitrogens with zero attached hydrogens (tertiary/aromatic N) is 1. The Morgan fingerprint density at radius 2 is 1.78 bits per heavy atom. The second kappa shape index (κ2) is 11.6. The van der Waals surface area contributed by atoms with Gasteiger partial charge in [0.15, 0.2) is 0 Å². The molecule has 0 aliphatic heterocycles. The minimum Gasteiger partial charge on any atom is -0.489 e. The van der Waals surface area contributed by atoms with Crippen LogP contribution in [-0.4, -0.2) is 5.91 Å². The molecule has 0 bridgehead atoms. The molecule has 0 saturated heterocycles. The third-order valence-corrected chi connectivity index (χ3v) is 6.41. The zero-order chi connectivity index (χ0) is 25.5. The topological polar surface area (TPSA) is 62.1 Å². The Bertz CT molecular complexity index is 1510. The first-order valence-corrected chi connectivity index (χ1v) is 12.0. The largest absolute Gasteiger partial charge is 0.489 e. The van der Waals surface area contributed by atoms with Crippen molar-refractivity contribution in [3.63, 3.8) is 0 Å². The molecule has 178 valence electrons. The molecule has 36 heavy (non-hydrogen) atoms. The van der Waals surface area contributed by atoms with Gasteiger partial charge in [-0.3, -0.25) is 4.79 Å². The molecule has 4 rings (SSSR count).